The Morgan fingerprint density at radius 1 is 1.15 bits per heavy atom. The standard InChI is InChI=1S/C20H27N5O2/c1-24-10-12-25(13-11-24)18-5-3-17(4-6-18)23-19-15-16(7-8-21-19)20(26)22-9-14-27-2/h3-8,15H,9-14H2,1-2H3,(H,21,23)(H,22,26). The van der Waals surface area contributed by atoms with Gasteiger partial charge in [0.15, 0.2) is 0 Å². The van der Waals surface area contributed by atoms with Gasteiger partial charge in [0.05, 0.1) is 6.61 Å². The molecule has 27 heavy (non-hydrogen) atoms. The first-order valence-corrected chi connectivity index (χ1v) is 9.19. The summed E-state index contributed by atoms with van der Waals surface area (Å²) in [5.41, 5.74) is 2.74. The summed E-state index contributed by atoms with van der Waals surface area (Å²) < 4.78 is 4.94. The molecule has 1 fully saturated rings. The van der Waals surface area contributed by atoms with Crippen molar-refractivity contribution >= 4 is 23.1 Å². The first-order valence-electron chi connectivity index (χ1n) is 9.19. The van der Waals surface area contributed by atoms with Gasteiger partial charge in [0.1, 0.15) is 5.82 Å². The summed E-state index contributed by atoms with van der Waals surface area (Å²) in [5.74, 6) is 0.504. The highest BCUT2D eigenvalue weighted by molar-refractivity contribution is 5.94. The lowest BCUT2D eigenvalue weighted by Gasteiger charge is -2.34. The molecule has 1 saturated heterocycles. The van der Waals surface area contributed by atoms with Gasteiger partial charge >= 0.3 is 0 Å². The minimum Gasteiger partial charge on any atom is -0.383 e. The van der Waals surface area contributed by atoms with Crippen LogP contribution in [0.25, 0.3) is 0 Å². The van der Waals surface area contributed by atoms with E-state index in [9.17, 15) is 4.79 Å². The number of amides is 1. The number of hydrogen-bond donors (Lipinski definition) is 2. The van der Waals surface area contributed by atoms with Gasteiger partial charge in [-0.25, -0.2) is 4.98 Å². The molecule has 144 valence electrons. The molecule has 0 saturated carbocycles. The predicted octanol–water partition coefficient (Wildman–Crippen LogP) is 1.95. The van der Waals surface area contributed by atoms with E-state index in [0.29, 0.717) is 24.5 Å². The van der Waals surface area contributed by atoms with E-state index in [1.54, 1.807) is 25.4 Å². The average molecular weight is 369 g/mol. The number of methoxy groups -OCH3 is 1. The van der Waals surface area contributed by atoms with Crippen molar-refractivity contribution in [3.63, 3.8) is 0 Å². The Bertz CT molecular complexity index is 742. The van der Waals surface area contributed by atoms with Crippen LogP contribution in [-0.4, -0.2) is 69.3 Å². The Kier molecular flexibility index (Phi) is 6.62. The molecule has 0 spiro atoms. The van der Waals surface area contributed by atoms with Gasteiger partial charge in [0, 0.05) is 63.0 Å². The normalized spacial score (nSPS) is 14.8. The minimum atomic E-state index is -0.136. The maximum atomic E-state index is 12.1. The average Bonchev–Trinajstić information content (AvgIpc) is 2.70. The van der Waals surface area contributed by atoms with Gasteiger partial charge in [-0.15, -0.1) is 0 Å². The van der Waals surface area contributed by atoms with E-state index in [4.69, 9.17) is 4.74 Å². The minimum absolute atomic E-state index is 0.136. The molecule has 1 amide bonds. The van der Waals surface area contributed by atoms with Crippen LogP contribution in [0.3, 0.4) is 0 Å². The Labute approximate surface area is 160 Å². The van der Waals surface area contributed by atoms with Crippen LogP contribution >= 0.6 is 0 Å². The van der Waals surface area contributed by atoms with E-state index < -0.39 is 0 Å². The highest BCUT2D eigenvalue weighted by Gasteiger charge is 2.14. The fourth-order valence-electron chi connectivity index (χ4n) is 2.98. The summed E-state index contributed by atoms with van der Waals surface area (Å²) in [6.07, 6.45) is 1.63. The number of hydrogen-bond acceptors (Lipinski definition) is 6. The van der Waals surface area contributed by atoms with Crippen molar-refractivity contribution in [2.75, 3.05) is 63.7 Å². The molecule has 2 heterocycles. The molecule has 1 aromatic heterocycles. The number of rotatable bonds is 7. The molecule has 0 aliphatic carbocycles. The number of anilines is 3. The van der Waals surface area contributed by atoms with Crippen LogP contribution in [0.4, 0.5) is 17.2 Å². The lowest BCUT2D eigenvalue weighted by atomic mass is 10.2. The SMILES string of the molecule is COCCNC(=O)c1ccnc(Nc2ccc(N3CCN(C)CC3)cc2)c1. The second-order valence-corrected chi connectivity index (χ2v) is 6.64. The Balaban J connectivity index is 1.60. The molecule has 7 heteroatoms. The van der Waals surface area contributed by atoms with Crippen LogP contribution < -0.4 is 15.5 Å². The molecular weight excluding hydrogens is 342 g/mol. The van der Waals surface area contributed by atoms with Gasteiger partial charge in [0.25, 0.3) is 5.91 Å². The molecule has 3 rings (SSSR count). The topological polar surface area (TPSA) is 69.7 Å². The molecule has 1 aromatic carbocycles. The molecule has 2 N–H and O–H groups in total. The fraction of sp³-hybridized carbons (Fsp3) is 0.400. The molecule has 0 bridgehead atoms. The summed E-state index contributed by atoms with van der Waals surface area (Å²) >= 11 is 0. The third-order valence-corrected chi connectivity index (χ3v) is 4.62. The number of pyridine rings is 1. The van der Waals surface area contributed by atoms with Gasteiger partial charge in [0.2, 0.25) is 0 Å². The van der Waals surface area contributed by atoms with Crippen LogP contribution in [0.5, 0.6) is 0 Å². The van der Waals surface area contributed by atoms with Gasteiger partial charge < -0.3 is 25.2 Å². The van der Waals surface area contributed by atoms with E-state index in [1.807, 2.05) is 12.1 Å². The molecule has 2 aromatic rings. The van der Waals surface area contributed by atoms with Crippen molar-refractivity contribution in [1.82, 2.24) is 15.2 Å². The number of nitrogens with zero attached hydrogens (tertiary/aromatic N) is 3. The van der Waals surface area contributed by atoms with Gasteiger partial charge in [-0.05, 0) is 43.4 Å². The number of aromatic nitrogens is 1. The summed E-state index contributed by atoms with van der Waals surface area (Å²) in [6, 6.07) is 11.8. The highest BCUT2D eigenvalue weighted by atomic mass is 16.5. The first-order chi connectivity index (χ1) is 13.2. The zero-order chi connectivity index (χ0) is 19.1. The van der Waals surface area contributed by atoms with Crippen molar-refractivity contribution < 1.29 is 9.53 Å². The maximum Gasteiger partial charge on any atom is 0.251 e. The number of ether oxygens (including phenoxy) is 1. The third-order valence-electron chi connectivity index (χ3n) is 4.62. The van der Waals surface area contributed by atoms with Crippen LogP contribution in [0.1, 0.15) is 10.4 Å². The van der Waals surface area contributed by atoms with Gasteiger partial charge in [-0.1, -0.05) is 0 Å². The summed E-state index contributed by atoms with van der Waals surface area (Å²) in [6.45, 7) is 5.23. The molecule has 0 atom stereocenters. The summed E-state index contributed by atoms with van der Waals surface area (Å²) in [5, 5.41) is 6.07. The second kappa shape index (κ2) is 9.34. The predicted molar refractivity (Wildman–Crippen MR) is 108 cm³/mol. The Morgan fingerprint density at radius 2 is 1.89 bits per heavy atom. The lowest BCUT2D eigenvalue weighted by Crippen LogP contribution is -2.44. The van der Waals surface area contributed by atoms with Gasteiger partial charge in [-0.2, -0.15) is 0 Å². The molecular formula is C20H27N5O2. The Morgan fingerprint density at radius 3 is 2.59 bits per heavy atom. The second-order valence-electron chi connectivity index (χ2n) is 6.64. The lowest BCUT2D eigenvalue weighted by molar-refractivity contribution is 0.0937. The fourth-order valence-corrected chi connectivity index (χ4v) is 2.98. The van der Waals surface area contributed by atoms with E-state index >= 15 is 0 Å². The molecule has 1 aliphatic rings. The molecule has 1 aliphatic heterocycles. The highest BCUT2D eigenvalue weighted by Crippen LogP contribution is 2.21. The number of carbonyl (C=O) groups is 1. The number of carbonyl (C=O) groups excluding carboxylic acids is 1. The third kappa shape index (κ3) is 5.42. The van der Waals surface area contributed by atoms with Crippen molar-refractivity contribution in [2.24, 2.45) is 0 Å². The van der Waals surface area contributed by atoms with Gasteiger partial charge in [-0.3, -0.25) is 4.79 Å². The van der Waals surface area contributed by atoms with E-state index in [2.05, 4.69) is 44.6 Å². The van der Waals surface area contributed by atoms with Crippen LogP contribution in [-0.2, 0) is 4.74 Å². The zero-order valence-corrected chi connectivity index (χ0v) is 15.9. The first kappa shape index (κ1) is 19.1. The zero-order valence-electron chi connectivity index (χ0n) is 15.9. The number of benzene rings is 1. The van der Waals surface area contributed by atoms with E-state index in [0.717, 1.165) is 31.9 Å². The monoisotopic (exact) mass is 369 g/mol. The summed E-state index contributed by atoms with van der Waals surface area (Å²) in [4.78, 5) is 21.2. The van der Waals surface area contributed by atoms with Crippen molar-refractivity contribution in [2.45, 2.75) is 0 Å². The van der Waals surface area contributed by atoms with E-state index in [1.165, 1.54) is 5.69 Å². The van der Waals surface area contributed by atoms with Crippen molar-refractivity contribution in [3.05, 3.63) is 48.2 Å². The van der Waals surface area contributed by atoms with Crippen LogP contribution in [0.2, 0.25) is 0 Å². The maximum absolute atomic E-state index is 12.1. The Hall–Kier alpha value is -2.64. The summed E-state index contributed by atoms with van der Waals surface area (Å²) in [7, 11) is 3.76. The van der Waals surface area contributed by atoms with Crippen LogP contribution in [0.15, 0.2) is 42.6 Å². The molecule has 0 radical (unpaired) electrons. The van der Waals surface area contributed by atoms with Crippen molar-refractivity contribution in [1.29, 1.82) is 0 Å². The number of likely N-dealkylation sites (N-methyl/N-ethyl adjacent to an activating group) is 1. The van der Waals surface area contributed by atoms with E-state index in [-0.39, 0.29) is 5.91 Å². The molecule has 7 nitrogen and oxygen atoms in total. The smallest absolute Gasteiger partial charge is 0.251 e. The van der Waals surface area contributed by atoms with Crippen molar-refractivity contribution in [3.8, 4) is 0 Å². The number of piperazine rings is 1. The quantitative estimate of drug-likeness (QED) is 0.727. The molecule has 0 unspecified atom stereocenters. The number of nitrogens with one attached hydrogen (secondary N) is 2. The van der Waals surface area contributed by atoms with Crippen LogP contribution in [0, 0.1) is 0 Å². The largest absolute Gasteiger partial charge is 0.383 e.